The molecule has 0 aliphatic carbocycles. The lowest BCUT2D eigenvalue weighted by Crippen LogP contribution is -2.43. The average Bonchev–Trinajstić information content (AvgIpc) is 2.44. The zero-order valence-electron chi connectivity index (χ0n) is 12.9. The molecule has 0 saturated heterocycles. The lowest BCUT2D eigenvalue weighted by molar-refractivity contribution is -0.122. The first kappa shape index (κ1) is 15.9. The van der Waals surface area contributed by atoms with E-state index < -0.39 is 6.10 Å². The van der Waals surface area contributed by atoms with Crippen molar-refractivity contribution in [3.05, 3.63) is 35.4 Å². The second-order valence-corrected chi connectivity index (χ2v) is 5.95. The van der Waals surface area contributed by atoms with E-state index in [0.29, 0.717) is 19.6 Å². The van der Waals surface area contributed by atoms with Crippen LogP contribution in [0.4, 0.5) is 0 Å². The van der Waals surface area contributed by atoms with Crippen molar-refractivity contribution >= 4 is 5.91 Å². The van der Waals surface area contributed by atoms with Crippen LogP contribution < -0.4 is 5.32 Å². The van der Waals surface area contributed by atoms with Crippen LogP contribution in [0, 0.1) is 0 Å². The van der Waals surface area contributed by atoms with Crippen LogP contribution in [-0.4, -0.2) is 67.2 Å². The lowest BCUT2D eigenvalue weighted by atomic mass is 10.00. The minimum absolute atomic E-state index is 0.0527. The van der Waals surface area contributed by atoms with Crippen LogP contribution in [-0.2, 0) is 17.8 Å². The number of fused-ring (bicyclic) bond motifs is 1. The molecule has 1 heterocycles. The molecule has 1 aliphatic rings. The molecule has 1 aromatic carbocycles. The van der Waals surface area contributed by atoms with Gasteiger partial charge in [-0.1, -0.05) is 24.3 Å². The first-order valence-electron chi connectivity index (χ1n) is 7.43. The third-order valence-corrected chi connectivity index (χ3v) is 3.67. The molecule has 0 saturated carbocycles. The summed E-state index contributed by atoms with van der Waals surface area (Å²) in [6.45, 7) is 3.09. The van der Waals surface area contributed by atoms with E-state index in [1.54, 1.807) is 0 Å². The van der Waals surface area contributed by atoms with Crippen molar-refractivity contribution in [2.24, 2.45) is 0 Å². The fourth-order valence-corrected chi connectivity index (χ4v) is 2.65. The number of hydrogen-bond acceptors (Lipinski definition) is 4. The van der Waals surface area contributed by atoms with E-state index in [9.17, 15) is 9.90 Å². The highest BCUT2D eigenvalue weighted by atomic mass is 16.3. The number of amides is 1. The van der Waals surface area contributed by atoms with Crippen LogP contribution in [0.15, 0.2) is 24.3 Å². The molecule has 2 rings (SSSR count). The Kier molecular flexibility index (Phi) is 5.73. The van der Waals surface area contributed by atoms with Crippen molar-refractivity contribution in [3.63, 3.8) is 0 Å². The molecule has 116 valence electrons. The summed E-state index contributed by atoms with van der Waals surface area (Å²) >= 11 is 0. The number of likely N-dealkylation sites (N-methyl/N-ethyl adjacent to an activating group) is 1. The van der Waals surface area contributed by atoms with Crippen molar-refractivity contribution in [3.8, 4) is 0 Å². The molecule has 1 aliphatic heterocycles. The van der Waals surface area contributed by atoms with Gasteiger partial charge in [0.1, 0.15) is 0 Å². The third kappa shape index (κ3) is 5.12. The molecule has 1 atom stereocenters. The van der Waals surface area contributed by atoms with Crippen molar-refractivity contribution in [1.29, 1.82) is 0 Å². The Morgan fingerprint density at radius 3 is 2.81 bits per heavy atom. The smallest absolute Gasteiger partial charge is 0.234 e. The van der Waals surface area contributed by atoms with Crippen molar-refractivity contribution in [2.75, 3.05) is 40.3 Å². The van der Waals surface area contributed by atoms with Gasteiger partial charge >= 0.3 is 0 Å². The fraction of sp³-hybridized carbons (Fsp3) is 0.562. The summed E-state index contributed by atoms with van der Waals surface area (Å²) in [7, 11) is 3.70. The SMILES string of the molecule is CN(C)CC(=O)NC[C@@H](O)CN1CCc2ccccc2C1. The molecule has 0 aromatic heterocycles. The van der Waals surface area contributed by atoms with Crippen molar-refractivity contribution in [2.45, 2.75) is 19.1 Å². The number of β-amino-alcohol motifs (C(OH)–C–C–N with tert-alkyl or cyclic N) is 1. The highest BCUT2D eigenvalue weighted by Gasteiger charge is 2.18. The minimum Gasteiger partial charge on any atom is -0.390 e. The molecule has 0 spiro atoms. The second-order valence-electron chi connectivity index (χ2n) is 5.95. The molecule has 0 unspecified atom stereocenters. The number of aliphatic hydroxyl groups excluding tert-OH is 1. The van der Waals surface area contributed by atoms with Gasteiger partial charge in [0.25, 0.3) is 0 Å². The Morgan fingerprint density at radius 2 is 2.10 bits per heavy atom. The lowest BCUT2D eigenvalue weighted by Gasteiger charge is -2.30. The molecular formula is C16H25N3O2. The largest absolute Gasteiger partial charge is 0.390 e. The maximum atomic E-state index is 11.5. The quantitative estimate of drug-likeness (QED) is 0.779. The fourth-order valence-electron chi connectivity index (χ4n) is 2.65. The molecule has 5 heteroatoms. The second kappa shape index (κ2) is 7.54. The summed E-state index contributed by atoms with van der Waals surface area (Å²) in [6, 6.07) is 8.45. The van der Waals surface area contributed by atoms with E-state index in [1.807, 2.05) is 19.0 Å². The number of nitrogens with zero attached hydrogens (tertiary/aromatic N) is 2. The van der Waals surface area contributed by atoms with Gasteiger partial charge in [-0.3, -0.25) is 9.69 Å². The molecule has 1 aromatic rings. The standard InChI is InChI=1S/C16H25N3O2/c1-18(2)12-16(21)17-9-15(20)11-19-8-7-13-5-3-4-6-14(13)10-19/h3-6,15,20H,7-12H2,1-2H3,(H,17,21)/t15-/m1/s1. The van der Waals surface area contributed by atoms with Crippen LogP contribution in [0.1, 0.15) is 11.1 Å². The van der Waals surface area contributed by atoms with Gasteiger partial charge in [-0.05, 0) is 31.6 Å². The highest BCUT2D eigenvalue weighted by Crippen LogP contribution is 2.18. The molecule has 1 amide bonds. The van der Waals surface area contributed by atoms with Crippen LogP contribution in [0.2, 0.25) is 0 Å². The normalized spacial score (nSPS) is 16.6. The molecular weight excluding hydrogens is 266 g/mol. The summed E-state index contributed by atoms with van der Waals surface area (Å²) in [4.78, 5) is 15.6. The van der Waals surface area contributed by atoms with Gasteiger partial charge in [0.2, 0.25) is 5.91 Å². The molecule has 0 radical (unpaired) electrons. The number of carbonyl (C=O) groups is 1. The van der Waals surface area contributed by atoms with Crippen molar-refractivity contribution in [1.82, 2.24) is 15.1 Å². The van der Waals surface area contributed by atoms with E-state index >= 15 is 0 Å². The molecule has 0 fully saturated rings. The first-order valence-corrected chi connectivity index (χ1v) is 7.43. The zero-order valence-corrected chi connectivity index (χ0v) is 12.9. The number of carbonyl (C=O) groups excluding carboxylic acids is 1. The van der Waals surface area contributed by atoms with E-state index in [-0.39, 0.29) is 5.91 Å². The predicted molar refractivity (Wildman–Crippen MR) is 83.0 cm³/mol. The van der Waals surface area contributed by atoms with Gasteiger partial charge in [-0.15, -0.1) is 0 Å². The zero-order chi connectivity index (χ0) is 15.2. The monoisotopic (exact) mass is 291 g/mol. The van der Waals surface area contributed by atoms with E-state index in [0.717, 1.165) is 19.5 Å². The minimum atomic E-state index is -0.527. The summed E-state index contributed by atoms with van der Waals surface area (Å²) < 4.78 is 0. The molecule has 2 N–H and O–H groups in total. The van der Waals surface area contributed by atoms with E-state index in [1.165, 1.54) is 11.1 Å². The summed E-state index contributed by atoms with van der Waals surface area (Å²) in [6.07, 6.45) is 0.497. The summed E-state index contributed by atoms with van der Waals surface area (Å²) in [5, 5.41) is 12.8. The Bertz CT molecular complexity index is 476. The molecule has 21 heavy (non-hydrogen) atoms. The summed E-state index contributed by atoms with van der Waals surface area (Å²) in [5.74, 6) is -0.0527. The third-order valence-electron chi connectivity index (χ3n) is 3.67. The van der Waals surface area contributed by atoms with Gasteiger partial charge in [-0.25, -0.2) is 0 Å². The summed E-state index contributed by atoms with van der Waals surface area (Å²) in [5.41, 5.74) is 2.75. The predicted octanol–water partition coefficient (Wildman–Crippen LogP) is 0.0834. The number of nitrogens with one attached hydrogen (secondary N) is 1. The van der Waals surface area contributed by atoms with E-state index in [4.69, 9.17) is 0 Å². The van der Waals surface area contributed by atoms with Gasteiger partial charge < -0.3 is 15.3 Å². The topological polar surface area (TPSA) is 55.8 Å². The molecule has 0 bridgehead atoms. The Hall–Kier alpha value is -1.43. The molecule has 5 nitrogen and oxygen atoms in total. The number of hydrogen-bond donors (Lipinski definition) is 2. The van der Waals surface area contributed by atoms with Crippen LogP contribution in [0.25, 0.3) is 0 Å². The Labute approximate surface area is 126 Å². The average molecular weight is 291 g/mol. The maximum absolute atomic E-state index is 11.5. The van der Waals surface area contributed by atoms with E-state index in [2.05, 4.69) is 34.5 Å². The van der Waals surface area contributed by atoms with Crippen LogP contribution in [0.5, 0.6) is 0 Å². The van der Waals surface area contributed by atoms with Gasteiger partial charge in [0, 0.05) is 26.2 Å². The number of aliphatic hydroxyl groups is 1. The Balaban J connectivity index is 1.74. The maximum Gasteiger partial charge on any atom is 0.234 e. The highest BCUT2D eigenvalue weighted by molar-refractivity contribution is 5.77. The first-order chi connectivity index (χ1) is 10.0. The van der Waals surface area contributed by atoms with Crippen molar-refractivity contribution < 1.29 is 9.90 Å². The van der Waals surface area contributed by atoms with Crippen LogP contribution in [0.3, 0.4) is 0 Å². The van der Waals surface area contributed by atoms with Crippen LogP contribution >= 0.6 is 0 Å². The Morgan fingerprint density at radius 1 is 1.38 bits per heavy atom. The van der Waals surface area contributed by atoms with Gasteiger partial charge in [0.15, 0.2) is 0 Å². The number of benzene rings is 1. The van der Waals surface area contributed by atoms with Gasteiger partial charge in [0.05, 0.1) is 12.6 Å². The van der Waals surface area contributed by atoms with Gasteiger partial charge in [-0.2, -0.15) is 0 Å². The number of rotatable bonds is 6.